The zero-order chi connectivity index (χ0) is 19.4. The lowest BCUT2D eigenvalue weighted by Gasteiger charge is -2.28. The van der Waals surface area contributed by atoms with Gasteiger partial charge in [0.25, 0.3) is 0 Å². The monoisotopic (exact) mass is 407 g/mol. The van der Waals surface area contributed by atoms with E-state index in [4.69, 9.17) is 28.9 Å². The van der Waals surface area contributed by atoms with Gasteiger partial charge in [0.1, 0.15) is 5.82 Å². The van der Waals surface area contributed by atoms with Gasteiger partial charge in [-0.3, -0.25) is 9.69 Å². The number of nitrogens with one attached hydrogen (secondary N) is 1. The van der Waals surface area contributed by atoms with Gasteiger partial charge >= 0.3 is 0 Å². The van der Waals surface area contributed by atoms with Crippen molar-refractivity contribution in [1.29, 1.82) is 0 Å². The van der Waals surface area contributed by atoms with Crippen molar-refractivity contribution in [3.05, 3.63) is 80.7 Å². The lowest BCUT2D eigenvalue weighted by molar-refractivity contribution is -0.118. The summed E-state index contributed by atoms with van der Waals surface area (Å²) < 4.78 is 13.1. The molecule has 0 radical (unpaired) electrons. The minimum absolute atomic E-state index is 0.209. The van der Waals surface area contributed by atoms with Gasteiger partial charge in [-0.25, -0.2) is 4.39 Å². The summed E-state index contributed by atoms with van der Waals surface area (Å²) in [6, 6.07) is 11.8. The SMILES string of the molecule is NC1=C(C(=O)NCc2ccc(F)cc2Cl)CCN(Cc2ccc(Cl)cc2)C1. The first kappa shape index (κ1) is 19.7. The molecule has 0 saturated carbocycles. The summed E-state index contributed by atoms with van der Waals surface area (Å²) in [6.07, 6.45) is 0.572. The van der Waals surface area contributed by atoms with Crippen LogP contribution in [0.5, 0.6) is 0 Å². The van der Waals surface area contributed by atoms with Crippen LogP contribution < -0.4 is 11.1 Å². The second kappa shape index (κ2) is 8.74. The maximum Gasteiger partial charge on any atom is 0.249 e. The van der Waals surface area contributed by atoms with E-state index >= 15 is 0 Å². The Morgan fingerprint density at radius 2 is 1.93 bits per heavy atom. The molecule has 1 amide bonds. The molecule has 0 unspecified atom stereocenters. The molecule has 2 aromatic rings. The molecule has 3 N–H and O–H groups in total. The fourth-order valence-corrected chi connectivity index (χ4v) is 3.40. The Kier molecular flexibility index (Phi) is 6.37. The van der Waals surface area contributed by atoms with Crippen LogP contribution >= 0.6 is 23.2 Å². The average Bonchev–Trinajstić information content (AvgIpc) is 2.63. The van der Waals surface area contributed by atoms with Crippen molar-refractivity contribution < 1.29 is 9.18 Å². The first-order valence-electron chi connectivity index (χ1n) is 8.59. The van der Waals surface area contributed by atoms with Gasteiger partial charge in [0.15, 0.2) is 0 Å². The van der Waals surface area contributed by atoms with Gasteiger partial charge in [-0.05, 0) is 41.8 Å². The van der Waals surface area contributed by atoms with Gasteiger partial charge in [0, 0.05) is 47.5 Å². The number of halogens is 3. The standard InChI is InChI=1S/C20H20Cl2FN3O/c21-15-4-1-13(2-5-15)11-26-8-7-17(19(24)12-26)20(27)25-10-14-3-6-16(23)9-18(14)22/h1-6,9H,7-8,10-12,24H2,(H,25,27). The third kappa shape index (κ3) is 5.22. The number of benzene rings is 2. The van der Waals surface area contributed by atoms with E-state index in [2.05, 4.69) is 10.2 Å². The zero-order valence-electron chi connectivity index (χ0n) is 14.6. The molecular weight excluding hydrogens is 388 g/mol. The summed E-state index contributed by atoms with van der Waals surface area (Å²) in [5.41, 5.74) is 9.12. The highest BCUT2D eigenvalue weighted by atomic mass is 35.5. The number of hydrogen-bond acceptors (Lipinski definition) is 3. The molecule has 0 saturated heterocycles. The molecule has 2 aromatic carbocycles. The summed E-state index contributed by atoms with van der Waals surface area (Å²) in [5.74, 6) is -0.617. The molecular formula is C20H20Cl2FN3O. The summed E-state index contributed by atoms with van der Waals surface area (Å²) in [6.45, 7) is 2.24. The largest absolute Gasteiger partial charge is 0.401 e. The zero-order valence-corrected chi connectivity index (χ0v) is 16.2. The van der Waals surface area contributed by atoms with Gasteiger partial charge in [0.05, 0.1) is 0 Å². The number of hydrogen-bond donors (Lipinski definition) is 2. The first-order valence-corrected chi connectivity index (χ1v) is 9.34. The molecule has 1 aliphatic heterocycles. The molecule has 0 aliphatic carbocycles. The van der Waals surface area contributed by atoms with E-state index in [1.807, 2.05) is 24.3 Å². The van der Waals surface area contributed by atoms with Gasteiger partial charge < -0.3 is 11.1 Å². The van der Waals surface area contributed by atoms with Gasteiger partial charge in [-0.1, -0.05) is 41.4 Å². The number of nitrogens with zero attached hydrogens (tertiary/aromatic N) is 1. The van der Waals surface area contributed by atoms with Crippen molar-refractivity contribution >= 4 is 29.1 Å². The predicted octanol–water partition coefficient (Wildman–Crippen LogP) is 3.87. The highest BCUT2D eigenvalue weighted by Crippen LogP contribution is 2.20. The molecule has 142 valence electrons. The predicted molar refractivity (Wildman–Crippen MR) is 106 cm³/mol. The molecule has 27 heavy (non-hydrogen) atoms. The highest BCUT2D eigenvalue weighted by molar-refractivity contribution is 6.31. The quantitative estimate of drug-likeness (QED) is 0.790. The molecule has 3 rings (SSSR count). The normalized spacial score (nSPS) is 15.1. The Morgan fingerprint density at radius 3 is 2.59 bits per heavy atom. The maximum absolute atomic E-state index is 13.1. The van der Waals surface area contributed by atoms with Crippen LogP contribution in [0.3, 0.4) is 0 Å². The van der Waals surface area contributed by atoms with Crippen LogP contribution in [0, 0.1) is 5.82 Å². The maximum atomic E-state index is 13.1. The van der Waals surface area contributed by atoms with Crippen LogP contribution in [0.4, 0.5) is 4.39 Å². The molecule has 1 heterocycles. The van der Waals surface area contributed by atoms with Crippen LogP contribution in [0.15, 0.2) is 53.7 Å². The molecule has 0 aromatic heterocycles. The highest BCUT2D eigenvalue weighted by Gasteiger charge is 2.22. The van der Waals surface area contributed by atoms with Crippen LogP contribution in [-0.2, 0) is 17.9 Å². The molecule has 0 fully saturated rings. The van der Waals surface area contributed by atoms with E-state index in [1.54, 1.807) is 6.07 Å². The van der Waals surface area contributed by atoms with E-state index in [1.165, 1.54) is 12.1 Å². The Hall–Kier alpha value is -2.08. The van der Waals surface area contributed by atoms with Crippen molar-refractivity contribution in [1.82, 2.24) is 10.2 Å². The number of carbonyl (C=O) groups is 1. The van der Waals surface area contributed by atoms with Crippen molar-refractivity contribution in [2.75, 3.05) is 13.1 Å². The second-order valence-electron chi connectivity index (χ2n) is 6.51. The summed E-state index contributed by atoms with van der Waals surface area (Å²) in [4.78, 5) is 14.6. The van der Waals surface area contributed by atoms with Crippen molar-refractivity contribution in [2.24, 2.45) is 5.73 Å². The van der Waals surface area contributed by atoms with Crippen LogP contribution in [-0.4, -0.2) is 23.9 Å². The Balaban J connectivity index is 1.58. The van der Waals surface area contributed by atoms with Crippen LogP contribution in [0.25, 0.3) is 0 Å². The fraction of sp³-hybridized carbons (Fsp3) is 0.250. The minimum atomic E-state index is -0.407. The third-order valence-electron chi connectivity index (χ3n) is 4.51. The van der Waals surface area contributed by atoms with Crippen LogP contribution in [0.1, 0.15) is 17.5 Å². The van der Waals surface area contributed by atoms with Crippen molar-refractivity contribution in [2.45, 2.75) is 19.5 Å². The fourth-order valence-electron chi connectivity index (χ4n) is 3.04. The summed E-state index contributed by atoms with van der Waals surface area (Å²) >= 11 is 11.9. The molecule has 4 nitrogen and oxygen atoms in total. The van der Waals surface area contributed by atoms with Crippen molar-refractivity contribution in [3.8, 4) is 0 Å². The number of nitrogens with two attached hydrogens (primary N) is 1. The number of carbonyl (C=O) groups excluding carboxylic acids is 1. The Morgan fingerprint density at radius 1 is 1.19 bits per heavy atom. The second-order valence-corrected chi connectivity index (χ2v) is 7.35. The molecule has 0 atom stereocenters. The van der Waals surface area contributed by atoms with E-state index in [-0.39, 0.29) is 17.5 Å². The van der Waals surface area contributed by atoms with Gasteiger partial charge in [-0.2, -0.15) is 0 Å². The van der Waals surface area contributed by atoms with E-state index in [9.17, 15) is 9.18 Å². The first-order chi connectivity index (χ1) is 12.9. The number of rotatable bonds is 5. The Labute approximate surface area is 167 Å². The van der Waals surface area contributed by atoms with Crippen molar-refractivity contribution in [3.63, 3.8) is 0 Å². The van der Waals surface area contributed by atoms with Gasteiger partial charge in [0.2, 0.25) is 5.91 Å². The Bertz CT molecular complexity index is 868. The van der Waals surface area contributed by atoms with Gasteiger partial charge in [-0.15, -0.1) is 0 Å². The van der Waals surface area contributed by atoms with Crippen LogP contribution in [0.2, 0.25) is 10.0 Å². The smallest absolute Gasteiger partial charge is 0.249 e. The van der Waals surface area contributed by atoms with E-state index < -0.39 is 5.82 Å². The summed E-state index contributed by atoms with van der Waals surface area (Å²) in [5, 5.41) is 3.81. The van der Waals surface area contributed by atoms with E-state index in [0.717, 1.165) is 18.7 Å². The van der Waals surface area contributed by atoms with E-state index in [0.29, 0.717) is 34.8 Å². The molecule has 0 spiro atoms. The molecule has 0 bridgehead atoms. The topological polar surface area (TPSA) is 58.4 Å². The third-order valence-corrected chi connectivity index (χ3v) is 5.11. The molecule has 1 aliphatic rings. The lowest BCUT2D eigenvalue weighted by atomic mass is 10.0. The number of amides is 1. The minimum Gasteiger partial charge on any atom is -0.401 e. The lowest BCUT2D eigenvalue weighted by Crippen LogP contribution is -2.38. The average molecular weight is 408 g/mol. The summed E-state index contributed by atoms with van der Waals surface area (Å²) in [7, 11) is 0. The molecule has 7 heteroatoms.